The van der Waals surface area contributed by atoms with E-state index in [0.29, 0.717) is 24.7 Å². The molecule has 2 heterocycles. The van der Waals surface area contributed by atoms with Gasteiger partial charge >= 0.3 is 6.03 Å². The second-order valence-electron chi connectivity index (χ2n) is 6.83. The summed E-state index contributed by atoms with van der Waals surface area (Å²) in [5.41, 5.74) is 4.27. The van der Waals surface area contributed by atoms with Crippen LogP contribution in [0.2, 0.25) is 5.02 Å². The zero-order chi connectivity index (χ0) is 19.5. The van der Waals surface area contributed by atoms with Crippen molar-refractivity contribution < 1.29 is 9.59 Å². The summed E-state index contributed by atoms with van der Waals surface area (Å²) < 4.78 is 0. The first-order chi connectivity index (χ1) is 13.6. The quantitative estimate of drug-likeness (QED) is 0.633. The van der Waals surface area contributed by atoms with Gasteiger partial charge in [-0.1, -0.05) is 48.0 Å². The molecule has 0 saturated carbocycles. The van der Waals surface area contributed by atoms with Crippen LogP contribution in [0.3, 0.4) is 0 Å². The Bertz CT molecular complexity index is 1030. The van der Waals surface area contributed by atoms with E-state index in [1.807, 2.05) is 36.4 Å². The fourth-order valence-electron chi connectivity index (χ4n) is 3.53. The molecule has 144 valence electrons. The standard InChI is InChI=1S/C21H21ClN4O2/c22-17-7-3-1-5-14(17)11-23-20(27)12-24-21(28)26-10-9-16-15-6-2-4-8-18(15)25-19(16)13-26/h1-8,25H,9-13H2,(H,23,27)(H,24,28). The molecule has 1 aromatic heterocycles. The first kappa shape index (κ1) is 18.4. The molecule has 1 aliphatic rings. The predicted octanol–water partition coefficient (Wildman–Crippen LogP) is 3.21. The Balaban J connectivity index is 1.29. The number of fused-ring (bicyclic) bond motifs is 3. The molecule has 1 aliphatic heterocycles. The summed E-state index contributed by atoms with van der Waals surface area (Å²) >= 11 is 6.08. The maximum absolute atomic E-state index is 12.5. The van der Waals surface area contributed by atoms with Crippen molar-refractivity contribution in [1.82, 2.24) is 20.5 Å². The van der Waals surface area contributed by atoms with Crippen molar-refractivity contribution in [1.29, 1.82) is 0 Å². The van der Waals surface area contributed by atoms with Crippen LogP contribution in [0.4, 0.5) is 4.79 Å². The van der Waals surface area contributed by atoms with Crippen LogP contribution in [-0.2, 0) is 24.3 Å². The number of benzene rings is 2. The van der Waals surface area contributed by atoms with Gasteiger partial charge in [-0.05, 0) is 29.7 Å². The molecule has 0 atom stereocenters. The highest BCUT2D eigenvalue weighted by Gasteiger charge is 2.23. The van der Waals surface area contributed by atoms with E-state index in [-0.39, 0.29) is 18.5 Å². The molecular weight excluding hydrogens is 376 g/mol. The molecule has 3 amide bonds. The molecular formula is C21H21ClN4O2. The summed E-state index contributed by atoms with van der Waals surface area (Å²) in [6.45, 7) is 1.40. The van der Waals surface area contributed by atoms with E-state index in [9.17, 15) is 9.59 Å². The highest BCUT2D eigenvalue weighted by atomic mass is 35.5. The number of urea groups is 1. The van der Waals surface area contributed by atoms with Crippen LogP contribution in [-0.4, -0.2) is 34.9 Å². The number of amides is 3. The molecule has 0 aliphatic carbocycles. The van der Waals surface area contributed by atoms with E-state index in [4.69, 9.17) is 11.6 Å². The fraction of sp³-hybridized carbons (Fsp3) is 0.238. The Kier molecular flexibility index (Phi) is 5.21. The largest absolute Gasteiger partial charge is 0.357 e. The van der Waals surface area contributed by atoms with Crippen molar-refractivity contribution in [2.45, 2.75) is 19.5 Å². The van der Waals surface area contributed by atoms with Crippen molar-refractivity contribution in [3.63, 3.8) is 0 Å². The number of halogens is 1. The maximum Gasteiger partial charge on any atom is 0.318 e. The topological polar surface area (TPSA) is 77.2 Å². The minimum Gasteiger partial charge on any atom is -0.357 e. The average Bonchev–Trinajstić information content (AvgIpc) is 3.09. The van der Waals surface area contributed by atoms with Gasteiger partial charge in [-0.25, -0.2) is 4.79 Å². The van der Waals surface area contributed by atoms with Crippen molar-refractivity contribution in [3.05, 3.63) is 70.4 Å². The van der Waals surface area contributed by atoms with Gasteiger partial charge in [-0.15, -0.1) is 0 Å². The molecule has 3 N–H and O–H groups in total. The second-order valence-corrected chi connectivity index (χ2v) is 7.23. The van der Waals surface area contributed by atoms with E-state index >= 15 is 0 Å². The van der Waals surface area contributed by atoms with Crippen LogP contribution < -0.4 is 10.6 Å². The number of carbonyl (C=O) groups is 2. The van der Waals surface area contributed by atoms with Crippen LogP contribution in [0.25, 0.3) is 10.9 Å². The Morgan fingerprint density at radius 2 is 1.86 bits per heavy atom. The Morgan fingerprint density at radius 1 is 1.07 bits per heavy atom. The Morgan fingerprint density at radius 3 is 2.71 bits per heavy atom. The molecule has 4 rings (SSSR count). The number of nitrogens with zero attached hydrogens (tertiary/aromatic N) is 1. The number of rotatable bonds is 4. The number of nitrogens with one attached hydrogen (secondary N) is 3. The summed E-state index contributed by atoms with van der Waals surface area (Å²) in [6, 6.07) is 15.3. The maximum atomic E-state index is 12.5. The van der Waals surface area contributed by atoms with E-state index in [0.717, 1.165) is 23.2 Å². The van der Waals surface area contributed by atoms with Gasteiger partial charge < -0.3 is 20.5 Å². The van der Waals surface area contributed by atoms with Gasteiger partial charge in [0.05, 0.1) is 13.1 Å². The summed E-state index contributed by atoms with van der Waals surface area (Å²) in [7, 11) is 0. The van der Waals surface area contributed by atoms with Crippen LogP contribution >= 0.6 is 11.6 Å². The molecule has 3 aromatic rings. The number of aromatic amines is 1. The van der Waals surface area contributed by atoms with E-state index in [1.54, 1.807) is 11.0 Å². The lowest BCUT2D eigenvalue weighted by Crippen LogP contribution is -2.46. The van der Waals surface area contributed by atoms with Crippen molar-refractivity contribution in [3.8, 4) is 0 Å². The molecule has 2 aromatic carbocycles. The molecule has 0 spiro atoms. The number of hydrogen-bond donors (Lipinski definition) is 3. The number of carbonyl (C=O) groups excluding carboxylic acids is 2. The lowest BCUT2D eigenvalue weighted by atomic mass is 10.0. The lowest BCUT2D eigenvalue weighted by Gasteiger charge is -2.27. The fourth-order valence-corrected chi connectivity index (χ4v) is 3.73. The van der Waals surface area contributed by atoms with Crippen molar-refractivity contribution in [2.75, 3.05) is 13.1 Å². The molecule has 7 heteroatoms. The van der Waals surface area contributed by atoms with Gasteiger partial charge in [0.2, 0.25) is 5.91 Å². The monoisotopic (exact) mass is 396 g/mol. The molecule has 0 bridgehead atoms. The molecule has 0 saturated heterocycles. The first-order valence-corrected chi connectivity index (χ1v) is 9.61. The third-order valence-electron chi connectivity index (χ3n) is 5.00. The van der Waals surface area contributed by atoms with Gasteiger partial charge in [0.15, 0.2) is 0 Å². The smallest absolute Gasteiger partial charge is 0.318 e. The molecule has 0 fully saturated rings. The van der Waals surface area contributed by atoms with Gasteiger partial charge in [0, 0.05) is 34.7 Å². The van der Waals surface area contributed by atoms with E-state index in [2.05, 4.69) is 21.7 Å². The van der Waals surface area contributed by atoms with Gasteiger partial charge in [0.25, 0.3) is 0 Å². The zero-order valence-electron chi connectivity index (χ0n) is 15.3. The Labute approximate surface area is 167 Å². The summed E-state index contributed by atoms with van der Waals surface area (Å²) in [5, 5.41) is 7.29. The van der Waals surface area contributed by atoms with Gasteiger partial charge in [-0.2, -0.15) is 0 Å². The third-order valence-corrected chi connectivity index (χ3v) is 5.37. The van der Waals surface area contributed by atoms with E-state index < -0.39 is 0 Å². The second kappa shape index (κ2) is 7.94. The Hall–Kier alpha value is -2.99. The highest BCUT2D eigenvalue weighted by Crippen LogP contribution is 2.27. The number of aromatic nitrogens is 1. The average molecular weight is 397 g/mol. The highest BCUT2D eigenvalue weighted by molar-refractivity contribution is 6.31. The molecule has 6 nitrogen and oxygen atoms in total. The normalized spacial score (nSPS) is 13.2. The summed E-state index contributed by atoms with van der Waals surface area (Å²) in [4.78, 5) is 29.6. The third kappa shape index (κ3) is 3.82. The number of para-hydroxylation sites is 1. The molecule has 0 radical (unpaired) electrons. The minimum absolute atomic E-state index is 0.0701. The minimum atomic E-state index is -0.253. The van der Waals surface area contributed by atoms with Crippen LogP contribution in [0.5, 0.6) is 0 Å². The van der Waals surface area contributed by atoms with Crippen LogP contribution in [0.15, 0.2) is 48.5 Å². The molecule has 28 heavy (non-hydrogen) atoms. The number of hydrogen-bond acceptors (Lipinski definition) is 2. The van der Waals surface area contributed by atoms with Crippen LogP contribution in [0, 0.1) is 0 Å². The van der Waals surface area contributed by atoms with Gasteiger partial charge in [-0.3, -0.25) is 4.79 Å². The number of H-pyrrole nitrogens is 1. The van der Waals surface area contributed by atoms with Crippen molar-refractivity contribution >= 4 is 34.4 Å². The van der Waals surface area contributed by atoms with Gasteiger partial charge in [0.1, 0.15) is 0 Å². The lowest BCUT2D eigenvalue weighted by molar-refractivity contribution is -0.120. The summed E-state index contributed by atoms with van der Waals surface area (Å²) in [6.07, 6.45) is 0.797. The molecule has 0 unspecified atom stereocenters. The summed E-state index contributed by atoms with van der Waals surface area (Å²) in [5.74, 6) is -0.253. The van der Waals surface area contributed by atoms with Crippen LogP contribution in [0.1, 0.15) is 16.8 Å². The van der Waals surface area contributed by atoms with Crippen molar-refractivity contribution in [2.24, 2.45) is 0 Å². The first-order valence-electron chi connectivity index (χ1n) is 9.23. The zero-order valence-corrected chi connectivity index (χ0v) is 16.1. The predicted molar refractivity (Wildman–Crippen MR) is 109 cm³/mol. The van der Waals surface area contributed by atoms with E-state index in [1.165, 1.54) is 10.9 Å². The SMILES string of the molecule is O=C(CNC(=O)N1CCc2c([nH]c3ccccc23)C1)NCc1ccccc1Cl.